The van der Waals surface area contributed by atoms with E-state index in [0.717, 1.165) is 0 Å². The molecule has 108 valence electrons. The van der Waals surface area contributed by atoms with Crippen molar-refractivity contribution in [3.05, 3.63) is 12.4 Å². The molecule has 1 N–H and O–H groups in total. The number of rotatable bonds is 2. The lowest BCUT2D eigenvalue weighted by molar-refractivity contribution is 0.480. The molecule has 0 saturated heterocycles. The minimum atomic E-state index is 0.642. The summed E-state index contributed by atoms with van der Waals surface area (Å²) in [6.45, 7) is 0. The van der Waals surface area contributed by atoms with Crippen LogP contribution in [-0.2, 0) is 7.05 Å². The lowest BCUT2D eigenvalue weighted by atomic mass is 9.98. The van der Waals surface area contributed by atoms with Gasteiger partial charge in [0.15, 0.2) is 0 Å². The molecule has 1 aromatic rings. The lowest BCUT2D eigenvalue weighted by Crippen LogP contribution is -2.19. The Labute approximate surface area is 117 Å². The van der Waals surface area contributed by atoms with Gasteiger partial charge in [-0.05, 0) is 12.8 Å². The number of anilines is 1. The van der Waals surface area contributed by atoms with Crippen molar-refractivity contribution < 1.29 is 0 Å². The van der Waals surface area contributed by atoms with E-state index in [2.05, 4.69) is 16.6 Å². The lowest BCUT2D eigenvalue weighted by Gasteiger charge is -2.19. The van der Waals surface area contributed by atoms with Crippen molar-refractivity contribution in [2.45, 2.75) is 76.7 Å². The SMILES string of the molecule is Cn1cc(NC2CCCCCCCCCCC2)cn1. The van der Waals surface area contributed by atoms with Crippen LogP contribution in [0.25, 0.3) is 0 Å². The number of nitrogens with one attached hydrogen (secondary N) is 1. The van der Waals surface area contributed by atoms with Crippen molar-refractivity contribution in [2.75, 3.05) is 5.32 Å². The van der Waals surface area contributed by atoms with Crippen molar-refractivity contribution in [1.29, 1.82) is 0 Å². The summed E-state index contributed by atoms with van der Waals surface area (Å²) < 4.78 is 1.87. The van der Waals surface area contributed by atoms with E-state index in [4.69, 9.17) is 0 Å². The minimum absolute atomic E-state index is 0.642. The van der Waals surface area contributed by atoms with Crippen LogP contribution < -0.4 is 5.32 Å². The fourth-order valence-corrected chi connectivity index (χ4v) is 3.04. The van der Waals surface area contributed by atoms with E-state index in [1.165, 1.54) is 76.3 Å². The zero-order valence-electron chi connectivity index (χ0n) is 12.4. The monoisotopic (exact) mass is 263 g/mol. The smallest absolute Gasteiger partial charge is 0.0728 e. The number of hydrogen-bond acceptors (Lipinski definition) is 2. The summed E-state index contributed by atoms with van der Waals surface area (Å²) in [6.07, 6.45) is 19.4. The van der Waals surface area contributed by atoms with Crippen molar-refractivity contribution in [3.8, 4) is 0 Å². The molecule has 3 heteroatoms. The van der Waals surface area contributed by atoms with Crippen molar-refractivity contribution >= 4 is 5.69 Å². The Bertz CT molecular complexity index is 334. The summed E-state index contributed by atoms with van der Waals surface area (Å²) in [6, 6.07) is 0.642. The van der Waals surface area contributed by atoms with Crippen LogP contribution in [0.1, 0.15) is 70.6 Å². The normalized spacial score (nSPS) is 20.5. The van der Waals surface area contributed by atoms with Gasteiger partial charge in [0.2, 0.25) is 0 Å². The van der Waals surface area contributed by atoms with Crippen molar-refractivity contribution in [1.82, 2.24) is 9.78 Å². The van der Waals surface area contributed by atoms with Gasteiger partial charge in [-0.2, -0.15) is 5.10 Å². The summed E-state index contributed by atoms with van der Waals surface area (Å²) in [5.41, 5.74) is 1.18. The molecule has 1 aromatic heterocycles. The van der Waals surface area contributed by atoms with E-state index >= 15 is 0 Å². The third-order valence-corrected chi connectivity index (χ3v) is 4.18. The molecule has 1 aliphatic rings. The number of aryl methyl sites for hydroxylation is 1. The molecule has 0 unspecified atom stereocenters. The zero-order valence-corrected chi connectivity index (χ0v) is 12.4. The van der Waals surface area contributed by atoms with Crippen molar-refractivity contribution in [3.63, 3.8) is 0 Å². The van der Waals surface area contributed by atoms with Gasteiger partial charge in [0.25, 0.3) is 0 Å². The van der Waals surface area contributed by atoms with E-state index in [0.29, 0.717) is 6.04 Å². The number of hydrogen-bond donors (Lipinski definition) is 1. The molecule has 3 nitrogen and oxygen atoms in total. The fourth-order valence-electron chi connectivity index (χ4n) is 3.04. The van der Waals surface area contributed by atoms with Crippen LogP contribution in [0.3, 0.4) is 0 Å². The summed E-state index contributed by atoms with van der Waals surface area (Å²) in [7, 11) is 1.98. The molecule has 0 atom stereocenters. The maximum atomic E-state index is 4.24. The standard InChI is InChI=1S/C16H29N3/c1-19-14-16(13-17-19)18-15-11-9-7-5-3-2-4-6-8-10-12-15/h13-15,18H,2-12H2,1H3. The second-order valence-electron chi connectivity index (χ2n) is 6.00. The maximum absolute atomic E-state index is 4.24. The molecule has 0 aliphatic heterocycles. The molecule has 1 heterocycles. The van der Waals surface area contributed by atoms with Gasteiger partial charge in [0, 0.05) is 19.3 Å². The Morgan fingerprint density at radius 1 is 0.947 bits per heavy atom. The second kappa shape index (κ2) is 8.23. The largest absolute Gasteiger partial charge is 0.380 e. The molecular weight excluding hydrogens is 234 g/mol. The first-order valence-corrected chi connectivity index (χ1v) is 8.10. The third kappa shape index (κ3) is 5.66. The van der Waals surface area contributed by atoms with Gasteiger partial charge in [0.05, 0.1) is 11.9 Å². The molecule has 0 amide bonds. The summed E-state index contributed by atoms with van der Waals surface area (Å²) in [5.74, 6) is 0. The van der Waals surface area contributed by atoms with Crippen LogP contribution in [0.5, 0.6) is 0 Å². The molecular formula is C16H29N3. The predicted molar refractivity (Wildman–Crippen MR) is 81.4 cm³/mol. The molecule has 0 radical (unpaired) electrons. The van der Waals surface area contributed by atoms with Gasteiger partial charge in [-0.25, -0.2) is 0 Å². The summed E-state index contributed by atoms with van der Waals surface area (Å²) in [4.78, 5) is 0. The Hall–Kier alpha value is -0.990. The Morgan fingerprint density at radius 2 is 1.47 bits per heavy atom. The van der Waals surface area contributed by atoms with Gasteiger partial charge in [-0.15, -0.1) is 0 Å². The predicted octanol–water partition coefficient (Wildman–Crippen LogP) is 4.51. The first-order chi connectivity index (χ1) is 9.34. The molecule has 0 bridgehead atoms. The van der Waals surface area contributed by atoms with E-state index in [-0.39, 0.29) is 0 Å². The second-order valence-corrected chi connectivity index (χ2v) is 6.00. The van der Waals surface area contributed by atoms with Gasteiger partial charge < -0.3 is 5.32 Å². The average molecular weight is 263 g/mol. The van der Waals surface area contributed by atoms with Crippen molar-refractivity contribution in [2.24, 2.45) is 7.05 Å². The Morgan fingerprint density at radius 3 is 1.95 bits per heavy atom. The highest BCUT2D eigenvalue weighted by atomic mass is 15.3. The first-order valence-electron chi connectivity index (χ1n) is 8.10. The van der Waals surface area contributed by atoms with Crippen LogP contribution >= 0.6 is 0 Å². The van der Waals surface area contributed by atoms with Gasteiger partial charge in [-0.1, -0.05) is 57.8 Å². The highest BCUT2D eigenvalue weighted by molar-refractivity contribution is 5.39. The van der Waals surface area contributed by atoms with E-state index < -0.39 is 0 Å². The van der Waals surface area contributed by atoms with E-state index in [1.54, 1.807) is 0 Å². The molecule has 19 heavy (non-hydrogen) atoms. The topological polar surface area (TPSA) is 29.9 Å². The van der Waals surface area contributed by atoms with Crippen LogP contribution in [-0.4, -0.2) is 15.8 Å². The number of aromatic nitrogens is 2. The molecule has 1 fully saturated rings. The van der Waals surface area contributed by atoms with Gasteiger partial charge in [-0.3, -0.25) is 4.68 Å². The Kier molecular flexibility index (Phi) is 6.25. The summed E-state index contributed by atoms with van der Waals surface area (Å²) in [5, 5.41) is 7.91. The highest BCUT2D eigenvalue weighted by Gasteiger charge is 2.10. The van der Waals surface area contributed by atoms with E-state index in [9.17, 15) is 0 Å². The first kappa shape index (κ1) is 14.4. The van der Waals surface area contributed by atoms with Crippen LogP contribution in [0, 0.1) is 0 Å². The minimum Gasteiger partial charge on any atom is -0.380 e. The number of nitrogens with zero attached hydrogens (tertiary/aromatic N) is 2. The molecule has 0 aromatic carbocycles. The fraction of sp³-hybridized carbons (Fsp3) is 0.812. The van der Waals surface area contributed by atoms with Crippen LogP contribution in [0.4, 0.5) is 5.69 Å². The van der Waals surface area contributed by atoms with Gasteiger partial charge >= 0.3 is 0 Å². The van der Waals surface area contributed by atoms with Gasteiger partial charge in [0.1, 0.15) is 0 Å². The third-order valence-electron chi connectivity index (χ3n) is 4.18. The molecule has 0 spiro atoms. The zero-order chi connectivity index (χ0) is 13.3. The molecule has 2 rings (SSSR count). The highest BCUT2D eigenvalue weighted by Crippen LogP contribution is 2.19. The maximum Gasteiger partial charge on any atom is 0.0728 e. The summed E-state index contributed by atoms with van der Waals surface area (Å²) >= 11 is 0. The molecule has 1 saturated carbocycles. The van der Waals surface area contributed by atoms with Crippen LogP contribution in [0.2, 0.25) is 0 Å². The average Bonchev–Trinajstić information content (AvgIpc) is 2.78. The van der Waals surface area contributed by atoms with E-state index in [1.807, 2.05) is 17.9 Å². The molecule has 1 aliphatic carbocycles. The van der Waals surface area contributed by atoms with Crippen LogP contribution in [0.15, 0.2) is 12.4 Å². The quantitative estimate of drug-likeness (QED) is 0.851. The Balaban J connectivity index is 1.80.